The van der Waals surface area contributed by atoms with Gasteiger partial charge in [0.05, 0.1) is 5.75 Å². The van der Waals surface area contributed by atoms with Crippen LogP contribution in [0.25, 0.3) is 0 Å². The van der Waals surface area contributed by atoms with E-state index in [1.54, 1.807) is 30.3 Å². The van der Waals surface area contributed by atoms with Gasteiger partial charge >= 0.3 is 17.9 Å². The summed E-state index contributed by atoms with van der Waals surface area (Å²) in [7, 11) is -3.96. The molecule has 0 spiro atoms. The van der Waals surface area contributed by atoms with E-state index in [9.17, 15) is 22.8 Å². The zero-order valence-electron chi connectivity index (χ0n) is 17.1. The lowest BCUT2D eigenvalue weighted by atomic mass is 9.98. The monoisotopic (exact) mass is 477 g/mol. The fourth-order valence-electron chi connectivity index (χ4n) is 3.06. The van der Waals surface area contributed by atoms with Gasteiger partial charge < -0.3 is 18.9 Å². The lowest BCUT2D eigenvalue weighted by Crippen LogP contribution is -2.65. The second kappa shape index (κ2) is 10.9. The Morgan fingerprint density at radius 2 is 1.58 bits per heavy atom. The number of halogens is 1. The third-order valence-electron chi connectivity index (χ3n) is 4.20. The van der Waals surface area contributed by atoms with Crippen LogP contribution in [0.15, 0.2) is 30.3 Å². The molecule has 0 bridgehead atoms. The quantitative estimate of drug-likeness (QED) is 0.328. The van der Waals surface area contributed by atoms with Crippen molar-refractivity contribution in [3.05, 3.63) is 35.9 Å². The van der Waals surface area contributed by atoms with E-state index in [1.165, 1.54) is 6.92 Å². The molecule has 1 heterocycles. The molecule has 0 unspecified atom stereocenters. The van der Waals surface area contributed by atoms with E-state index in [1.807, 2.05) is 0 Å². The summed E-state index contributed by atoms with van der Waals surface area (Å²) in [5.41, 5.74) is -0.798. The first-order chi connectivity index (χ1) is 14.5. The number of nitrogens with one attached hydrogen (secondary N) is 1. The summed E-state index contributed by atoms with van der Waals surface area (Å²) < 4.78 is 48.8. The van der Waals surface area contributed by atoms with E-state index < -0.39 is 57.8 Å². The predicted octanol–water partition coefficient (Wildman–Crippen LogP) is 0.865. The Morgan fingerprint density at radius 1 is 1.00 bits per heavy atom. The third-order valence-corrected chi connectivity index (χ3v) is 5.92. The summed E-state index contributed by atoms with van der Waals surface area (Å²) in [5.74, 6) is -2.48. The van der Waals surface area contributed by atoms with Crippen LogP contribution in [0.4, 0.5) is 0 Å². The van der Waals surface area contributed by atoms with Gasteiger partial charge in [-0.2, -0.15) is 0 Å². The van der Waals surface area contributed by atoms with Crippen LogP contribution in [0.2, 0.25) is 0 Å². The lowest BCUT2D eigenvalue weighted by Gasteiger charge is -2.43. The molecule has 2 rings (SSSR count). The zero-order chi connectivity index (χ0) is 23.2. The molecule has 0 amide bonds. The van der Waals surface area contributed by atoms with Crippen molar-refractivity contribution in [1.82, 2.24) is 4.72 Å². The highest BCUT2D eigenvalue weighted by atomic mass is 35.5. The predicted molar refractivity (Wildman–Crippen MR) is 108 cm³/mol. The number of alkyl halides is 1. The minimum atomic E-state index is -3.96. The van der Waals surface area contributed by atoms with Crippen molar-refractivity contribution in [1.29, 1.82) is 0 Å². The normalized spacial score (nSPS) is 26.0. The minimum absolute atomic E-state index is 0.349. The molecular formula is C19H24ClNO9S. The van der Waals surface area contributed by atoms with Crippen LogP contribution >= 0.6 is 11.6 Å². The molecule has 0 saturated carbocycles. The summed E-state index contributed by atoms with van der Waals surface area (Å²) in [5, 5.41) is 0. The zero-order valence-corrected chi connectivity index (χ0v) is 18.7. The standard InChI is InChI=1S/C19H24ClNO9S/c1-11(22)27-9-15-17(28-12(2)23)18(29-13(3)24)16(19(20)30-15)21-31(25,26)10-14-7-5-4-6-8-14/h4-8,15-19,21H,9-10H2,1-3H3/t15-,16-,17+,18+,19+/m0/s1. The number of carbonyl (C=O) groups is 3. The maximum Gasteiger partial charge on any atom is 0.303 e. The Hall–Kier alpha value is -2.21. The van der Waals surface area contributed by atoms with Gasteiger partial charge in [0, 0.05) is 20.8 Å². The van der Waals surface area contributed by atoms with E-state index in [0.717, 1.165) is 13.8 Å². The number of hydrogen-bond donors (Lipinski definition) is 1. The van der Waals surface area contributed by atoms with Crippen molar-refractivity contribution < 1.29 is 41.7 Å². The number of rotatable bonds is 8. The van der Waals surface area contributed by atoms with Crippen LogP contribution in [0.1, 0.15) is 26.3 Å². The van der Waals surface area contributed by atoms with Crippen LogP contribution in [-0.2, 0) is 49.1 Å². The molecule has 10 nitrogen and oxygen atoms in total. The van der Waals surface area contributed by atoms with Crippen molar-refractivity contribution in [2.45, 2.75) is 56.4 Å². The number of carbonyl (C=O) groups excluding carboxylic acids is 3. The molecule has 5 atom stereocenters. The number of hydrogen-bond acceptors (Lipinski definition) is 9. The van der Waals surface area contributed by atoms with Gasteiger partial charge in [0.25, 0.3) is 0 Å². The first kappa shape index (κ1) is 25.1. The van der Waals surface area contributed by atoms with E-state index in [0.29, 0.717) is 5.56 Å². The summed E-state index contributed by atoms with van der Waals surface area (Å²) in [6, 6.07) is 7.12. The smallest absolute Gasteiger partial charge is 0.303 e. The van der Waals surface area contributed by atoms with E-state index in [-0.39, 0.29) is 12.4 Å². The highest BCUT2D eigenvalue weighted by Gasteiger charge is 2.51. The van der Waals surface area contributed by atoms with Crippen molar-refractivity contribution in [2.75, 3.05) is 6.61 Å². The van der Waals surface area contributed by atoms with E-state index in [4.69, 9.17) is 30.5 Å². The first-order valence-corrected chi connectivity index (χ1v) is 11.4. The van der Waals surface area contributed by atoms with Gasteiger partial charge in [-0.15, -0.1) is 0 Å². The number of sulfonamides is 1. The highest BCUT2D eigenvalue weighted by molar-refractivity contribution is 7.88. The first-order valence-electron chi connectivity index (χ1n) is 9.30. The molecule has 0 aromatic heterocycles. The SMILES string of the molecule is CC(=O)OC[C@@H]1O[C@@H](Cl)[C@@H](NS(=O)(=O)Cc2ccccc2)[C@@H](OC(C)=O)[C@@H]1OC(C)=O. The average Bonchev–Trinajstić information content (AvgIpc) is 2.65. The number of benzene rings is 1. The molecule has 172 valence electrons. The summed E-state index contributed by atoms with van der Waals surface area (Å²) in [6.45, 7) is 3.05. The van der Waals surface area contributed by atoms with Gasteiger partial charge in [0.2, 0.25) is 10.0 Å². The fourth-order valence-corrected chi connectivity index (χ4v) is 4.86. The Kier molecular flexibility index (Phi) is 8.80. The maximum atomic E-state index is 12.7. The number of ether oxygens (including phenoxy) is 4. The Labute approximate surface area is 185 Å². The molecule has 1 aromatic rings. The highest BCUT2D eigenvalue weighted by Crippen LogP contribution is 2.29. The second-order valence-corrected chi connectivity index (χ2v) is 9.05. The van der Waals surface area contributed by atoms with Crippen molar-refractivity contribution in [3.8, 4) is 0 Å². The molecule has 1 aliphatic heterocycles. The van der Waals surface area contributed by atoms with Gasteiger partial charge in [-0.1, -0.05) is 41.9 Å². The van der Waals surface area contributed by atoms with Crippen LogP contribution in [0.3, 0.4) is 0 Å². The van der Waals surface area contributed by atoms with Gasteiger partial charge in [0.1, 0.15) is 18.8 Å². The third kappa shape index (κ3) is 7.76. The molecule has 1 N–H and O–H groups in total. The fraction of sp³-hybridized carbons (Fsp3) is 0.526. The topological polar surface area (TPSA) is 134 Å². The average molecular weight is 478 g/mol. The van der Waals surface area contributed by atoms with E-state index >= 15 is 0 Å². The van der Waals surface area contributed by atoms with Crippen molar-refractivity contribution in [3.63, 3.8) is 0 Å². The van der Waals surface area contributed by atoms with Crippen molar-refractivity contribution >= 4 is 39.5 Å². The van der Waals surface area contributed by atoms with E-state index in [2.05, 4.69) is 4.72 Å². The molecule has 12 heteroatoms. The summed E-state index contributed by atoms with van der Waals surface area (Å²) in [4.78, 5) is 34.5. The van der Waals surface area contributed by atoms with Crippen LogP contribution in [0, 0.1) is 0 Å². The van der Waals surface area contributed by atoms with Crippen molar-refractivity contribution in [2.24, 2.45) is 0 Å². The van der Waals surface area contributed by atoms with Crippen LogP contribution in [-0.4, -0.2) is 62.8 Å². The second-order valence-electron chi connectivity index (χ2n) is 6.86. The van der Waals surface area contributed by atoms with Gasteiger partial charge in [-0.25, -0.2) is 13.1 Å². The van der Waals surface area contributed by atoms with Gasteiger partial charge in [0.15, 0.2) is 17.8 Å². The van der Waals surface area contributed by atoms with Crippen LogP contribution < -0.4 is 4.72 Å². The van der Waals surface area contributed by atoms with Crippen LogP contribution in [0.5, 0.6) is 0 Å². The molecule has 0 radical (unpaired) electrons. The maximum absolute atomic E-state index is 12.7. The number of esters is 3. The molecule has 1 fully saturated rings. The molecule has 1 saturated heterocycles. The molecule has 0 aliphatic carbocycles. The summed E-state index contributed by atoms with van der Waals surface area (Å²) >= 11 is 6.26. The Bertz CT molecular complexity index is 893. The summed E-state index contributed by atoms with van der Waals surface area (Å²) in [6.07, 6.45) is -3.70. The molecular weight excluding hydrogens is 454 g/mol. The molecule has 31 heavy (non-hydrogen) atoms. The largest absolute Gasteiger partial charge is 0.463 e. The Balaban J connectivity index is 2.31. The Morgan fingerprint density at radius 3 is 2.13 bits per heavy atom. The molecule has 1 aliphatic rings. The van der Waals surface area contributed by atoms with Gasteiger partial charge in [-0.05, 0) is 5.56 Å². The van der Waals surface area contributed by atoms with Gasteiger partial charge in [-0.3, -0.25) is 14.4 Å². The lowest BCUT2D eigenvalue weighted by molar-refractivity contribution is -0.211. The minimum Gasteiger partial charge on any atom is -0.463 e. The molecule has 1 aromatic carbocycles.